The number of aromatic nitrogens is 3. The van der Waals surface area contributed by atoms with Gasteiger partial charge in [-0.25, -0.2) is 14.2 Å². The highest BCUT2D eigenvalue weighted by molar-refractivity contribution is 7.22. The maximum atomic E-state index is 13.4. The number of anilines is 2. The van der Waals surface area contributed by atoms with Crippen LogP contribution in [0.1, 0.15) is 32.6 Å². The number of carbonyl (C=O) groups is 1. The third-order valence-electron chi connectivity index (χ3n) is 5.24. The summed E-state index contributed by atoms with van der Waals surface area (Å²) in [7, 11) is 0. The second-order valence-corrected chi connectivity index (χ2v) is 8.56. The third-order valence-corrected chi connectivity index (χ3v) is 6.33. The van der Waals surface area contributed by atoms with Crippen molar-refractivity contribution in [1.29, 1.82) is 0 Å². The first-order chi connectivity index (χ1) is 15.0. The Balaban J connectivity index is 1.74. The lowest BCUT2D eigenvalue weighted by Crippen LogP contribution is -2.41. The van der Waals surface area contributed by atoms with Crippen LogP contribution < -0.4 is 21.5 Å². The van der Waals surface area contributed by atoms with Crippen LogP contribution in [0.25, 0.3) is 10.3 Å². The van der Waals surface area contributed by atoms with Gasteiger partial charge in [0, 0.05) is 25.3 Å². The van der Waals surface area contributed by atoms with Crippen molar-refractivity contribution >= 4 is 38.4 Å². The maximum Gasteiger partial charge on any atom is 0.333 e. The van der Waals surface area contributed by atoms with Gasteiger partial charge in [-0.05, 0) is 43.9 Å². The number of benzene rings is 1. The number of fused-ring (bicyclic) bond motifs is 1. The number of nitrogens with zero attached hydrogens (tertiary/aromatic N) is 4. The second-order valence-electron chi connectivity index (χ2n) is 7.58. The van der Waals surface area contributed by atoms with Crippen molar-refractivity contribution in [2.75, 3.05) is 23.3 Å². The molecule has 2 aromatic heterocycles. The van der Waals surface area contributed by atoms with Gasteiger partial charge in [-0.2, -0.15) is 0 Å². The molecular formula is C21H24FN5O3S. The molecule has 3 aromatic rings. The van der Waals surface area contributed by atoms with E-state index in [1.807, 2.05) is 6.92 Å². The van der Waals surface area contributed by atoms with E-state index in [4.69, 9.17) is 0 Å². The minimum atomic E-state index is -0.566. The first-order valence-electron chi connectivity index (χ1n) is 10.4. The van der Waals surface area contributed by atoms with E-state index in [0.29, 0.717) is 21.9 Å². The molecule has 0 unspecified atom stereocenters. The van der Waals surface area contributed by atoms with Crippen molar-refractivity contribution in [1.82, 2.24) is 14.1 Å². The zero-order valence-electron chi connectivity index (χ0n) is 17.3. The molecule has 1 aromatic carbocycles. The molecule has 31 heavy (non-hydrogen) atoms. The molecule has 1 fully saturated rings. The van der Waals surface area contributed by atoms with E-state index < -0.39 is 17.4 Å². The summed E-state index contributed by atoms with van der Waals surface area (Å²) in [5.74, 6) is -0.970. The predicted molar refractivity (Wildman–Crippen MR) is 120 cm³/mol. The summed E-state index contributed by atoms with van der Waals surface area (Å²) < 4.78 is 16.2. The Bertz CT molecular complexity index is 1230. The van der Waals surface area contributed by atoms with Gasteiger partial charge in [0.05, 0.1) is 0 Å². The van der Waals surface area contributed by atoms with Gasteiger partial charge in [0.1, 0.15) is 17.1 Å². The van der Waals surface area contributed by atoms with E-state index >= 15 is 0 Å². The number of hydrogen-bond acceptors (Lipinski definition) is 6. The average molecular weight is 446 g/mol. The number of amides is 1. The lowest BCUT2D eigenvalue weighted by molar-refractivity contribution is -0.116. The summed E-state index contributed by atoms with van der Waals surface area (Å²) in [4.78, 5) is 45.4. The molecule has 1 N–H and O–H groups in total. The smallest absolute Gasteiger partial charge is 0.333 e. The molecule has 0 aliphatic carbocycles. The summed E-state index contributed by atoms with van der Waals surface area (Å²) in [6, 6.07) is 5.53. The van der Waals surface area contributed by atoms with E-state index in [9.17, 15) is 18.8 Å². The molecule has 0 radical (unpaired) electrons. The summed E-state index contributed by atoms with van der Waals surface area (Å²) in [5.41, 5.74) is -0.417. The van der Waals surface area contributed by atoms with Gasteiger partial charge in [-0.3, -0.25) is 18.7 Å². The van der Waals surface area contributed by atoms with Crippen LogP contribution in [0.2, 0.25) is 0 Å². The second kappa shape index (κ2) is 9.01. The van der Waals surface area contributed by atoms with Gasteiger partial charge >= 0.3 is 5.69 Å². The van der Waals surface area contributed by atoms with Crippen LogP contribution in [-0.2, 0) is 17.9 Å². The normalized spacial score (nSPS) is 14.2. The molecule has 0 spiro atoms. The fourth-order valence-corrected chi connectivity index (χ4v) is 4.83. The molecule has 164 valence electrons. The number of piperidine rings is 1. The van der Waals surface area contributed by atoms with Gasteiger partial charge in [0.2, 0.25) is 5.91 Å². The fourth-order valence-electron chi connectivity index (χ4n) is 3.76. The van der Waals surface area contributed by atoms with Crippen LogP contribution in [0.5, 0.6) is 0 Å². The molecule has 1 aliphatic heterocycles. The van der Waals surface area contributed by atoms with E-state index in [1.54, 1.807) is 6.07 Å². The zero-order chi connectivity index (χ0) is 22.0. The Hall–Kier alpha value is -3.01. The van der Waals surface area contributed by atoms with Crippen LogP contribution in [0.15, 0.2) is 33.9 Å². The molecule has 0 atom stereocenters. The van der Waals surface area contributed by atoms with Gasteiger partial charge < -0.3 is 10.2 Å². The molecule has 4 rings (SSSR count). The first kappa shape index (κ1) is 21.2. The van der Waals surface area contributed by atoms with E-state index in [-0.39, 0.29) is 24.3 Å². The maximum absolute atomic E-state index is 13.4. The van der Waals surface area contributed by atoms with Crippen LogP contribution in [0, 0.1) is 5.82 Å². The quantitative estimate of drug-likeness (QED) is 0.630. The van der Waals surface area contributed by atoms with Gasteiger partial charge in [0.15, 0.2) is 10.8 Å². The van der Waals surface area contributed by atoms with E-state index in [1.165, 1.54) is 34.1 Å². The average Bonchev–Trinajstić information content (AvgIpc) is 3.20. The zero-order valence-corrected chi connectivity index (χ0v) is 18.1. The first-order valence-corrected chi connectivity index (χ1v) is 11.2. The lowest BCUT2D eigenvalue weighted by Gasteiger charge is -2.25. The Kier molecular flexibility index (Phi) is 6.17. The summed E-state index contributed by atoms with van der Waals surface area (Å²) in [6.07, 6.45) is 3.88. The SMILES string of the molecule is CCCn1c(=O)c2sc(N3CCCCC3)nc2n(CC(=O)Nc2cccc(F)c2)c1=O. The number of carbonyl (C=O) groups excluding carboxylic acids is 1. The van der Waals surface area contributed by atoms with Crippen molar-refractivity contribution in [3.8, 4) is 0 Å². The summed E-state index contributed by atoms with van der Waals surface area (Å²) in [6.45, 7) is 3.53. The summed E-state index contributed by atoms with van der Waals surface area (Å²) in [5, 5.41) is 3.29. The van der Waals surface area contributed by atoms with E-state index in [2.05, 4.69) is 15.2 Å². The molecule has 1 saturated heterocycles. The van der Waals surface area contributed by atoms with Gasteiger partial charge in [0.25, 0.3) is 5.56 Å². The Labute approximate surface area is 181 Å². The van der Waals surface area contributed by atoms with Gasteiger partial charge in [-0.1, -0.05) is 24.3 Å². The molecule has 10 heteroatoms. The molecular weight excluding hydrogens is 421 g/mol. The van der Waals surface area contributed by atoms with Crippen molar-refractivity contribution in [2.45, 2.75) is 45.7 Å². The fraction of sp³-hybridized carbons (Fsp3) is 0.429. The third kappa shape index (κ3) is 4.39. The van der Waals surface area contributed by atoms with Crippen molar-refractivity contribution in [2.24, 2.45) is 0 Å². The molecule has 0 saturated carbocycles. The van der Waals surface area contributed by atoms with Gasteiger partial charge in [-0.15, -0.1) is 0 Å². The topological polar surface area (TPSA) is 89.2 Å². The summed E-state index contributed by atoms with van der Waals surface area (Å²) >= 11 is 1.27. The monoisotopic (exact) mass is 445 g/mol. The molecule has 1 amide bonds. The molecule has 0 bridgehead atoms. The van der Waals surface area contributed by atoms with Crippen molar-refractivity contribution in [3.63, 3.8) is 0 Å². The highest BCUT2D eigenvalue weighted by Crippen LogP contribution is 2.28. The van der Waals surface area contributed by atoms with Crippen LogP contribution in [0.3, 0.4) is 0 Å². The van der Waals surface area contributed by atoms with Crippen LogP contribution >= 0.6 is 11.3 Å². The molecule has 1 aliphatic rings. The predicted octanol–water partition coefficient (Wildman–Crippen LogP) is 2.80. The van der Waals surface area contributed by atoms with Crippen LogP contribution in [0.4, 0.5) is 15.2 Å². The lowest BCUT2D eigenvalue weighted by atomic mass is 10.1. The Morgan fingerprint density at radius 1 is 1.19 bits per heavy atom. The molecule has 3 heterocycles. The van der Waals surface area contributed by atoms with Crippen LogP contribution in [-0.4, -0.2) is 33.1 Å². The Morgan fingerprint density at radius 2 is 1.97 bits per heavy atom. The minimum Gasteiger partial charge on any atom is -0.348 e. The standard InChI is InChI=1S/C21H24FN5O3S/c1-2-9-26-19(29)17-18(24-20(31-17)25-10-4-3-5-11-25)27(21(26)30)13-16(28)23-15-8-6-7-14(22)12-15/h6-8,12H,2-5,9-11,13H2,1H3,(H,23,28). The number of rotatable bonds is 6. The number of nitrogens with one attached hydrogen (secondary N) is 1. The highest BCUT2D eigenvalue weighted by Gasteiger charge is 2.22. The molecule has 8 nitrogen and oxygen atoms in total. The van der Waals surface area contributed by atoms with Crippen molar-refractivity contribution < 1.29 is 9.18 Å². The number of halogens is 1. The van der Waals surface area contributed by atoms with Crippen molar-refractivity contribution in [3.05, 3.63) is 50.9 Å². The largest absolute Gasteiger partial charge is 0.348 e. The highest BCUT2D eigenvalue weighted by atomic mass is 32.1. The Morgan fingerprint density at radius 3 is 2.68 bits per heavy atom. The number of hydrogen-bond donors (Lipinski definition) is 1. The van der Waals surface area contributed by atoms with E-state index in [0.717, 1.165) is 36.9 Å². The number of thiazole rings is 1. The minimum absolute atomic E-state index is 0.224.